The van der Waals surface area contributed by atoms with E-state index in [1.165, 1.54) is 0 Å². The molecule has 0 aliphatic carbocycles. The maximum Gasteiger partial charge on any atom is 0.0526 e. The molecular formula is C8H12O2S. The van der Waals surface area contributed by atoms with Gasteiger partial charge in [0.25, 0.3) is 0 Å². The molecule has 1 unspecified atom stereocenters. The van der Waals surface area contributed by atoms with E-state index in [-0.39, 0.29) is 5.48 Å². The summed E-state index contributed by atoms with van der Waals surface area (Å²) in [6.07, 6.45) is 0. The van der Waals surface area contributed by atoms with Crippen molar-refractivity contribution in [2.24, 2.45) is 0 Å². The fourth-order valence-corrected chi connectivity index (χ4v) is 1.53. The molecule has 0 saturated carbocycles. The van der Waals surface area contributed by atoms with E-state index in [9.17, 15) is 4.21 Å². The third-order valence-corrected chi connectivity index (χ3v) is 2.59. The van der Waals surface area contributed by atoms with Crippen LogP contribution in [0.2, 0.25) is 0 Å². The summed E-state index contributed by atoms with van der Waals surface area (Å²) < 4.78 is 11.1. The average molecular weight is 172 g/mol. The Hall–Kier alpha value is -0.670. The van der Waals surface area contributed by atoms with Crippen LogP contribution in [-0.2, 0) is 10.8 Å². The number of benzene rings is 1. The summed E-state index contributed by atoms with van der Waals surface area (Å²) in [6, 6.07) is 9.52. The first-order valence-electron chi connectivity index (χ1n) is 3.28. The molecule has 11 heavy (non-hydrogen) atoms. The summed E-state index contributed by atoms with van der Waals surface area (Å²) in [4.78, 5) is 0.921. The van der Waals surface area contributed by atoms with Gasteiger partial charge in [-0.1, -0.05) is 25.1 Å². The number of rotatable bonds is 2. The van der Waals surface area contributed by atoms with Crippen LogP contribution < -0.4 is 0 Å². The van der Waals surface area contributed by atoms with Crippen molar-refractivity contribution in [3.63, 3.8) is 0 Å². The van der Waals surface area contributed by atoms with E-state index in [2.05, 4.69) is 0 Å². The van der Waals surface area contributed by atoms with E-state index in [0.29, 0.717) is 5.75 Å². The van der Waals surface area contributed by atoms with Gasteiger partial charge in [-0.3, -0.25) is 4.21 Å². The van der Waals surface area contributed by atoms with Gasteiger partial charge in [0.05, 0.1) is 10.8 Å². The summed E-state index contributed by atoms with van der Waals surface area (Å²) in [5, 5.41) is 0. The van der Waals surface area contributed by atoms with Gasteiger partial charge in [0.1, 0.15) is 0 Å². The lowest BCUT2D eigenvalue weighted by atomic mass is 10.4. The van der Waals surface area contributed by atoms with Crippen LogP contribution in [0, 0.1) is 0 Å². The average Bonchev–Trinajstić information content (AvgIpc) is 2.05. The van der Waals surface area contributed by atoms with Gasteiger partial charge in [0, 0.05) is 10.6 Å². The monoisotopic (exact) mass is 172 g/mol. The normalized spacial score (nSPS) is 11.7. The minimum absolute atomic E-state index is 0. The van der Waals surface area contributed by atoms with Crippen LogP contribution in [0.25, 0.3) is 0 Å². The van der Waals surface area contributed by atoms with Gasteiger partial charge in [-0.2, -0.15) is 0 Å². The Labute approximate surface area is 69.0 Å². The molecular weight excluding hydrogens is 160 g/mol. The van der Waals surface area contributed by atoms with E-state index in [1.807, 2.05) is 37.3 Å². The number of hydrogen-bond acceptors (Lipinski definition) is 1. The van der Waals surface area contributed by atoms with Crippen LogP contribution in [0.15, 0.2) is 35.2 Å². The highest BCUT2D eigenvalue weighted by Gasteiger charge is 1.96. The molecule has 2 N–H and O–H groups in total. The van der Waals surface area contributed by atoms with Crippen molar-refractivity contribution in [2.45, 2.75) is 11.8 Å². The molecule has 0 aliphatic rings. The Morgan fingerprint density at radius 3 is 2.27 bits per heavy atom. The first-order chi connectivity index (χ1) is 4.84. The summed E-state index contributed by atoms with van der Waals surface area (Å²) in [6.45, 7) is 1.92. The molecule has 1 rings (SSSR count). The van der Waals surface area contributed by atoms with Crippen molar-refractivity contribution < 1.29 is 9.69 Å². The molecule has 62 valence electrons. The zero-order chi connectivity index (χ0) is 7.40. The summed E-state index contributed by atoms with van der Waals surface area (Å²) >= 11 is 0. The second-order valence-electron chi connectivity index (χ2n) is 1.95. The van der Waals surface area contributed by atoms with E-state index in [1.54, 1.807) is 0 Å². The minimum Gasteiger partial charge on any atom is -0.412 e. The second kappa shape index (κ2) is 5.04. The van der Waals surface area contributed by atoms with Crippen molar-refractivity contribution in [2.75, 3.05) is 5.75 Å². The molecule has 0 heterocycles. The molecule has 1 aromatic rings. The maximum atomic E-state index is 11.1. The summed E-state index contributed by atoms with van der Waals surface area (Å²) in [5.41, 5.74) is 0. The van der Waals surface area contributed by atoms with E-state index < -0.39 is 10.8 Å². The maximum absolute atomic E-state index is 11.1. The van der Waals surface area contributed by atoms with Gasteiger partial charge in [-0.15, -0.1) is 0 Å². The Bertz CT molecular complexity index is 221. The predicted molar refractivity (Wildman–Crippen MR) is 47.0 cm³/mol. The van der Waals surface area contributed by atoms with Crippen LogP contribution in [0.3, 0.4) is 0 Å². The van der Waals surface area contributed by atoms with Gasteiger partial charge >= 0.3 is 0 Å². The van der Waals surface area contributed by atoms with Gasteiger partial charge in [0.2, 0.25) is 0 Å². The fraction of sp³-hybridized carbons (Fsp3) is 0.250. The Morgan fingerprint density at radius 1 is 1.27 bits per heavy atom. The zero-order valence-electron chi connectivity index (χ0n) is 6.41. The van der Waals surface area contributed by atoms with E-state index >= 15 is 0 Å². The minimum atomic E-state index is -0.790. The lowest BCUT2D eigenvalue weighted by Gasteiger charge is -1.95. The third kappa shape index (κ3) is 2.82. The molecule has 0 bridgehead atoms. The first kappa shape index (κ1) is 10.3. The van der Waals surface area contributed by atoms with E-state index in [0.717, 1.165) is 4.90 Å². The fourth-order valence-electron chi connectivity index (χ4n) is 0.739. The largest absolute Gasteiger partial charge is 0.412 e. The lowest BCUT2D eigenvalue weighted by Crippen LogP contribution is -1.92. The van der Waals surface area contributed by atoms with Crippen molar-refractivity contribution >= 4 is 10.8 Å². The van der Waals surface area contributed by atoms with Crippen LogP contribution in [0.4, 0.5) is 0 Å². The van der Waals surface area contributed by atoms with Crippen LogP contribution >= 0.6 is 0 Å². The quantitative estimate of drug-likeness (QED) is 0.656. The van der Waals surface area contributed by atoms with Gasteiger partial charge < -0.3 is 5.48 Å². The Balaban J connectivity index is 0.000001000. The highest BCUT2D eigenvalue weighted by atomic mass is 32.2. The third-order valence-electron chi connectivity index (χ3n) is 1.27. The molecule has 3 heteroatoms. The Morgan fingerprint density at radius 2 is 1.82 bits per heavy atom. The van der Waals surface area contributed by atoms with E-state index in [4.69, 9.17) is 0 Å². The molecule has 0 amide bonds. The molecule has 2 nitrogen and oxygen atoms in total. The summed E-state index contributed by atoms with van der Waals surface area (Å²) in [7, 11) is -0.790. The van der Waals surface area contributed by atoms with Crippen LogP contribution in [0.5, 0.6) is 0 Å². The summed E-state index contributed by atoms with van der Waals surface area (Å²) in [5.74, 6) is 0.698. The van der Waals surface area contributed by atoms with Crippen molar-refractivity contribution in [1.29, 1.82) is 0 Å². The molecule has 0 aliphatic heterocycles. The Kier molecular flexibility index (Phi) is 4.74. The predicted octanol–water partition coefficient (Wildman–Crippen LogP) is 0.989. The molecule has 0 radical (unpaired) electrons. The van der Waals surface area contributed by atoms with Crippen molar-refractivity contribution in [1.82, 2.24) is 0 Å². The molecule has 1 aromatic carbocycles. The molecule has 0 spiro atoms. The van der Waals surface area contributed by atoms with Gasteiger partial charge in [-0.05, 0) is 12.1 Å². The molecule has 1 atom stereocenters. The standard InChI is InChI=1S/C8H10OS.H2O/c1-2-10(9)8-6-4-3-5-7-8;/h3-7H,2H2,1H3;1H2. The van der Waals surface area contributed by atoms with Gasteiger partial charge in [0.15, 0.2) is 0 Å². The highest BCUT2D eigenvalue weighted by Crippen LogP contribution is 2.03. The van der Waals surface area contributed by atoms with Crippen LogP contribution in [0.1, 0.15) is 6.92 Å². The van der Waals surface area contributed by atoms with Crippen molar-refractivity contribution in [3.05, 3.63) is 30.3 Å². The van der Waals surface area contributed by atoms with Crippen molar-refractivity contribution in [3.8, 4) is 0 Å². The molecule has 0 fully saturated rings. The van der Waals surface area contributed by atoms with Crippen LogP contribution in [-0.4, -0.2) is 15.4 Å². The topological polar surface area (TPSA) is 48.6 Å². The zero-order valence-corrected chi connectivity index (χ0v) is 7.23. The smallest absolute Gasteiger partial charge is 0.0526 e. The second-order valence-corrected chi connectivity index (χ2v) is 3.69. The lowest BCUT2D eigenvalue weighted by molar-refractivity contribution is 0.684. The molecule has 0 saturated heterocycles. The highest BCUT2D eigenvalue weighted by molar-refractivity contribution is 7.85. The number of hydrogen-bond donors (Lipinski definition) is 0. The first-order valence-corrected chi connectivity index (χ1v) is 4.60. The molecule has 0 aromatic heterocycles. The SMILES string of the molecule is CCS(=O)c1ccccc1.O. The van der Waals surface area contributed by atoms with Gasteiger partial charge in [-0.25, -0.2) is 0 Å².